The second-order valence-electron chi connectivity index (χ2n) is 5.24. The van der Waals surface area contributed by atoms with Gasteiger partial charge < -0.3 is 9.67 Å². The SMILES string of the molecule is CCC(CC(=O)O)c1nc2c3cccnc3ccc2n1C. The summed E-state index contributed by atoms with van der Waals surface area (Å²) in [5.74, 6) is -0.0432. The van der Waals surface area contributed by atoms with Crippen LogP contribution in [0.3, 0.4) is 0 Å². The Morgan fingerprint density at radius 3 is 2.90 bits per heavy atom. The number of hydrogen-bond acceptors (Lipinski definition) is 3. The molecule has 0 spiro atoms. The fourth-order valence-corrected chi connectivity index (χ4v) is 2.82. The molecule has 1 N–H and O–H groups in total. The first-order valence-electron chi connectivity index (χ1n) is 7.03. The van der Waals surface area contributed by atoms with Crippen LogP contribution in [0.5, 0.6) is 0 Å². The van der Waals surface area contributed by atoms with Gasteiger partial charge in [0.2, 0.25) is 0 Å². The van der Waals surface area contributed by atoms with Crippen molar-refractivity contribution in [1.82, 2.24) is 14.5 Å². The highest BCUT2D eigenvalue weighted by molar-refractivity contribution is 6.02. The van der Waals surface area contributed by atoms with E-state index >= 15 is 0 Å². The third-order valence-electron chi connectivity index (χ3n) is 3.95. The molecule has 0 saturated heterocycles. The lowest BCUT2D eigenvalue weighted by Crippen LogP contribution is -2.10. The van der Waals surface area contributed by atoms with Gasteiger partial charge in [-0.05, 0) is 30.7 Å². The molecule has 3 rings (SSSR count). The first-order chi connectivity index (χ1) is 10.1. The summed E-state index contributed by atoms with van der Waals surface area (Å²) in [6.07, 6.45) is 2.61. The predicted octanol–water partition coefficient (Wildman–Crippen LogP) is 3.09. The van der Waals surface area contributed by atoms with Crippen molar-refractivity contribution < 1.29 is 9.90 Å². The Hall–Kier alpha value is -2.43. The number of imidazole rings is 1. The highest BCUT2D eigenvalue weighted by Crippen LogP contribution is 2.29. The van der Waals surface area contributed by atoms with Crippen molar-refractivity contribution >= 4 is 27.9 Å². The summed E-state index contributed by atoms with van der Waals surface area (Å²) in [5.41, 5.74) is 2.80. The average molecular weight is 283 g/mol. The van der Waals surface area contributed by atoms with Gasteiger partial charge in [0.15, 0.2) is 0 Å². The van der Waals surface area contributed by atoms with Crippen LogP contribution < -0.4 is 0 Å². The molecule has 5 nitrogen and oxygen atoms in total. The summed E-state index contributed by atoms with van der Waals surface area (Å²) in [6, 6.07) is 7.86. The Morgan fingerprint density at radius 1 is 1.38 bits per heavy atom. The maximum atomic E-state index is 11.0. The normalized spacial score (nSPS) is 12.9. The smallest absolute Gasteiger partial charge is 0.304 e. The fraction of sp³-hybridized carbons (Fsp3) is 0.312. The first kappa shape index (κ1) is 13.5. The first-order valence-corrected chi connectivity index (χ1v) is 7.03. The summed E-state index contributed by atoms with van der Waals surface area (Å²) >= 11 is 0. The summed E-state index contributed by atoms with van der Waals surface area (Å²) in [7, 11) is 1.94. The van der Waals surface area contributed by atoms with Crippen molar-refractivity contribution in [2.24, 2.45) is 7.05 Å². The van der Waals surface area contributed by atoms with E-state index in [4.69, 9.17) is 10.1 Å². The van der Waals surface area contributed by atoms with Crippen LogP contribution in [-0.2, 0) is 11.8 Å². The number of fused-ring (bicyclic) bond motifs is 3. The maximum absolute atomic E-state index is 11.0. The van der Waals surface area contributed by atoms with E-state index in [1.807, 2.05) is 42.8 Å². The molecule has 0 aliphatic rings. The number of carboxylic acid groups (broad SMARTS) is 1. The zero-order valence-corrected chi connectivity index (χ0v) is 12.1. The maximum Gasteiger partial charge on any atom is 0.304 e. The molecular weight excluding hydrogens is 266 g/mol. The Bertz CT molecular complexity index is 823. The van der Waals surface area contributed by atoms with Crippen molar-refractivity contribution in [3.63, 3.8) is 0 Å². The van der Waals surface area contributed by atoms with Crippen molar-refractivity contribution in [3.8, 4) is 0 Å². The number of carbonyl (C=O) groups is 1. The van der Waals surface area contributed by atoms with Gasteiger partial charge >= 0.3 is 5.97 Å². The second kappa shape index (κ2) is 5.16. The molecule has 0 radical (unpaired) electrons. The van der Waals surface area contributed by atoms with Crippen molar-refractivity contribution in [1.29, 1.82) is 0 Å². The van der Waals surface area contributed by atoms with E-state index in [0.717, 1.165) is 34.2 Å². The van der Waals surface area contributed by atoms with Crippen molar-refractivity contribution in [3.05, 3.63) is 36.3 Å². The predicted molar refractivity (Wildman–Crippen MR) is 81.3 cm³/mol. The molecule has 0 aliphatic heterocycles. The van der Waals surface area contributed by atoms with E-state index in [-0.39, 0.29) is 12.3 Å². The molecule has 3 aromatic rings. The number of rotatable bonds is 4. The number of hydrogen-bond donors (Lipinski definition) is 1. The molecule has 0 amide bonds. The van der Waals surface area contributed by atoms with Crippen LogP contribution in [0, 0.1) is 0 Å². The zero-order valence-electron chi connectivity index (χ0n) is 12.1. The molecule has 5 heteroatoms. The number of benzene rings is 1. The van der Waals surface area contributed by atoms with E-state index in [0.29, 0.717) is 0 Å². The molecule has 1 atom stereocenters. The van der Waals surface area contributed by atoms with Gasteiger partial charge in [-0.15, -0.1) is 0 Å². The number of pyridine rings is 1. The summed E-state index contributed by atoms with van der Waals surface area (Å²) in [4.78, 5) is 20.1. The van der Waals surface area contributed by atoms with Crippen LogP contribution >= 0.6 is 0 Å². The standard InChI is InChI=1S/C16H17N3O2/c1-3-10(9-14(20)21)16-18-15-11-5-4-8-17-12(11)6-7-13(15)19(16)2/h4-8,10H,3,9H2,1-2H3,(H,20,21). The van der Waals surface area contributed by atoms with Crippen LogP contribution in [0.4, 0.5) is 0 Å². The van der Waals surface area contributed by atoms with Gasteiger partial charge in [-0.25, -0.2) is 4.98 Å². The molecule has 21 heavy (non-hydrogen) atoms. The zero-order chi connectivity index (χ0) is 15.0. The summed E-state index contributed by atoms with van der Waals surface area (Å²) < 4.78 is 2.00. The molecule has 0 saturated carbocycles. The lowest BCUT2D eigenvalue weighted by molar-refractivity contribution is -0.137. The Morgan fingerprint density at radius 2 is 2.19 bits per heavy atom. The van der Waals surface area contributed by atoms with E-state index in [1.54, 1.807) is 6.20 Å². The summed E-state index contributed by atoms with van der Waals surface area (Å²) in [5, 5.41) is 10.1. The molecule has 2 aromatic heterocycles. The topological polar surface area (TPSA) is 68.0 Å². The molecular formula is C16H17N3O2. The fourth-order valence-electron chi connectivity index (χ4n) is 2.82. The molecule has 0 bridgehead atoms. The quantitative estimate of drug-likeness (QED) is 0.799. The number of aryl methyl sites for hydroxylation is 1. The monoisotopic (exact) mass is 283 g/mol. The minimum Gasteiger partial charge on any atom is -0.481 e. The molecule has 0 aliphatic carbocycles. The number of carboxylic acids is 1. The van der Waals surface area contributed by atoms with Crippen molar-refractivity contribution in [2.75, 3.05) is 0 Å². The van der Waals surface area contributed by atoms with Gasteiger partial charge in [-0.3, -0.25) is 9.78 Å². The molecule has 1 aromatic carbocycles. The Labute approximate surface area is 122 Å². The number of aromatic nitrogens is 3. The average Bonchev–Trinajstić information content (AvgIpc) is 2.82. The third kappa shape index (κ3) is 2.24. The van der Waals surface area contributed by atoms with Gasteiger partial charge in [-0.1, -0.05) is 6.92 Å². The van der Waals surface area contributed by atoms with Crippen LogP contribution in [0.25, 0.3) is 21.9 Å². The summed E-state index contributed by atoms with van der Waals surface area (Å²) in [6.45, 7) is 1.99. The van der Waals surface area contributed by atoms with E-state index < -0.39 is 5.97 Å². The minimum atomic E-state index is -0.791. The van der Waals surface area contributed by atoms with Crippen LogP contribution in [0.15, 0.2) is 30.5 Å². The van der Waals surface area contributed by atoms with Gasteiger partial charge in [0.25, 0.3) is 0 Å². The van der Waals surface area contributed by atoms with Crippen molar-refractivity contribution in [2.45, 2.75) is 25.7 Å². The van der Waals surface area contributed by atoms with E-state index in [2.05, 4.69) is 4.98 Å². The largest absolute Gasteiger partial charge is 0.481 e. The van der Waals surface area contributed by atoms with Gasteiger partial charge in [0, 0.05) is 24.5 Å². The highest BCUT2D eigenvalue weighted by Gasteiger charge is 2.20. The lowest BCUT2D eigenvalue weighted by atomic mass is 10.0. The minimum absolute atomic E-state index is 0.0772. The Balaban J connectivity index is 2.23. The molecule has 108 valence electrons. The van der Waals surface area contributed by atoms with Crippen LogP contribution in [-0.4, -0.2) is 25.6 Å². The van der Waals surface area contributed by atoms with Gasteiger partial charge in [0.05, 0.1) is 23.0 Å². The Kier molecular flexibility index (Phi) is 3.33. The van der Waals surface area contributed by atoms with Gasteiger partial charge in [-0.2, -0.15) is 0 Å². The molecule has 2 heterocycles. The van der Waals surface area contributed by atoms with Gasteiger partial charge in [0.1, 0.15) is 5.82 Å². The van der Waals surface area contributed by atoms with E-state index in [9.17, 15) is 4.79 Å². The lowest BCUT2D eigenvalue weighted by Gasteiger charge is -2.12. The second-order valence-corrected chi connectivity index (χ2v) is 5.24. The van der Waals surface area contributed by atoms with Crippen LogP contribution in [0.2, 0.25) is 0 Å². The third-order valence-corrected chi connectivity index (χ3v) is 3.95. The molecule has 1 unspecified atom stereocenters. The number of nitrogens with zero attached hydrogens (tertiary/aromatic N) is 3. The molecule has 0 fully saturated rings. The van der Waals surface area contributed by atoms with E-state index in [1.165, 1.54) is 0 Å². The van der Waals surface area contributed by atoms with Crippen LogP contribution in [0.1, 0.15) is 31.5 Å². The highest BCUT2D eigenvalue weighted by atomic mass is 16.4. The number of aliphatic carboxylic acids is 1.